The van der Waals surface area contributed by atoms with Gasteiger partial charge in [-0.2, -0.15) is 10.2 Å². The molecule has 3 aliphatic rings. The van der Waals surface area contributed by atoms with Crippen molar-refractivity contribution in [3.8, 4) is 12.3 Å². The fraction of sp³-hybridized carbons (Fsp3) is 0.826. The van der Waals surface area contributed by atoms with Crippen LogP contribution in [0.15, 0.2) is 10.2 Å². The van der Waals surface area contributed by atoms with Gasteiger partial charge in [0.05, 0.1) is 0 Å². The third-order valence-corrected chi connectivity index (χ3v) is 6.52. The number of nitrogens with zero attached hydrogens (tertiary/aromatic N) is 3. The quantitative estimate of drug-likeness (QED) is 0.633. The Kier molecular flexibility index (Phi) is 7.05. The van der Waals surface area contributed by atoms with Crippen LogP contribution < -0.4 is 5.32 Å². The maximum atomic E-state index is 12.4. The van der Waals surface area contributed by atoms with Crippen LogP contribution in [0.4, 0.5) is 4.79 Å². The molecule has 1 N–H and O–H groups in total. The van der Waals surface area contributed by atoms with E-state index in [0.717, 1.165) is 51.7 Å². The summed E-state index contributed by atoms with van der Waals surface area (Å²) in [5.41, 5.74) is -0.837. The van der Waals surface area contributed by atoms with E-state index in [9.17, 15) is 9.59 Å². The SMILES string of the molecule is C#CCCC1(CCC(=O)NCC2CCC3CN(C(=O)OC(C)(C)C)CCC3C2)N=N1. The third-order valence-electron chi connectivity index (χ3n) is 6.52. The number of carbonyl (C=O) groups is 2. The number of ether oxygens (including phenoxy) is 1. The third kappa shape index (κ3) is 6.45. The predicted molar refractivity (Wildman–Crippen MR) is 115 cm³/mol. The van der Waals surface area contributed by atoms with E-state index < -0.39 is 5.60 Å². The average Bonchev–Trinajstić information content (AvgIpc) is 3.47. The summed E-state index contributed by atoms with van der Waals surface area (Å²) < 4.78 is 5.53. The molecular formula is C23H36N4O3. The molecule has 0 aromatic carbocycles. The summed E-state index contributed by atoms with van der Waals surface area (Å²) >= 11 is 0. The molecule has 7 heteroatoms. The van der Waals surface area contributed by atoms with E-state index in [1.165, 1.54) is 0 Å². The Morgan fingerprint density at radius 1 is 1.20 bits per heavy atom. The number of terminal acetylenes is 1. The Balaban J connectivity index is 1.35. The van der Waals surface area contributed by atoms with Gasteiger partial charge in [-0.3, -0.25) is 4.79 Å². The molecular weight excluding hydrogens is 380 g/mol. The van der Waals surface area contributed by atoms with Gasteiger partial charge in [-0.1, -0.05) is 0 Å². The zero-order valence-corrected chi connectivity index (χ0v) is 18.7. The molecule has 0 aromatic rings. The number of nitrogens with one attached hydrogen (secondary N) is 1. The van der Waals surface area contributed by atoms with Crippen LogP contribution in [0.25, 0.3) is 0 Å². The highest BCUT2D eigenvalue weighted by Gasteiger charge is 2.40. The lowest BCUT2D eigenvalue weighted by Gasteiger charge is -2.43. The summed E-state index contributed by atoms with van der Waals surface area (Å²) in [5.74, 6) is 4.40. The Hall–Kier alpha value is -2.10. The summed E-state index contributed by atoms with van der Waals surface area (Å²) in [7, 11) is 0. The highest BCUT2D eigenvalue weighted by atomic mass is 16.6. The molecule has 30 heavy (non-hydrogen) atoms. The van der Waals surface area contributed by atoms with Crippen LogP contribution >= 0.6 is 0 Å². The largest absolute Gasteiger partial charge is 0.444 e. The normalized spacial score (nSPS) is 27.0. The summed E-state index contributed by atoms with van der Waals surface area (Å²) in [6, 6.07) is 0. The Morgan fingerprint density at radius 2 is 1.97 bits per heavy atom. The molecule has 0 bridgehead atoms. The first-order chi connectivity index (χ1) is 14.2. The standard InChI is InChI=1S/C23H36N4O3/c1-5-6-11-23(25-26-23)12-9-20(28)24-15-17-7-8-19-16-27(13-10-18(19)14-17)21(29)30-22(2,3)4/h1,17-19H,6-16H2,2-4H3,(H,24,28). The van der Waals surface area contributed by atoms with Crippen LogP contribution in [0, 0.1) is 30.1 Å². The highest BCUT2D eigenvalue weighted by molar-refractivity contribution is 5.76. The van der Waals surface area contributed by atoms with Crippen LogP contribution in [0.5, 0.6) is 0 Å². The first kappa shape index (κ1) is 22.6. The van der Waals surface area contributed by atoms with E-state index >= 15 is 0 Å². The number of carbonyl (C=O) groups excluding carboxylic acids is 2. The number of rotatable bonds is 7. The van der Waals surface area contributed by atoms with Crippen molar-refractivity contribution in [2.75, 3.05) is 19.6 Å². The van der Waals surface area contributed by atoms with Gasteiger partial charge in [0.1, 0.15) is 5.60 Å². The van der Waals surface area contributed by atoms with Gasteiger partial charge in [0, 0.05) is 45.3 Å². The number of likely N-dealkylation sites (tertiary alicyclic amines) is 1. The Morgan fingerprint density at radius 3 is 2.63 bits per heavy atom. The van der Waals surface area contributed by atoms with Crippen molar-refractivity contribution in [1.29, 1.82) is 0 Å². The second-order valence-corrected chi connectivity index (χ2v) is 10.1. The molecule has 2 aliphatic heterocycles. The lowest BCUT2D eigenvalue weighted by Crippen LogP contribution is -2.48. The van der Waals surface area contributed by atoms with Gasteiger partial charge in [0.15, 0.2) is 5.66 Å². The van der Waals surface area contributed by atoms with Crippen molar-refractivity contribution in [1.82, 2.24) is 10.2 Å². The monoisotopic (exact) mass is 416 g/mol. The lowest BCUT2D eigenvalue weighted by atomic mass is 9.71. The first-order valence-corrected chi connectivity index (χ1v) is 11.3. The van der Waals surface area contributed by atoms with E-state index in [0.29, 0.717) is 37.0 Å². The van der Waals surface area contributed by atoms with Crippen molar-refractivity contribution in [2.45, 2.75) is 83.4 Å². The van der Waals surface area contributed by atoms with Crippen molar-refractivity contribution in [2.24, 2.45) is 28.0 Å². The summed E-state index contributed by atoms with van der Waals surface area (Å²) in [4.78, 5) is 26.5. The zero-order chi connectivity index (χ0) is 21.8. The molecule has 2 amide bonds. The molecule has 166 valence electrons. The van der Waals surface area contributed by atoms with Crippen LogP contribution in [0.1, 0.15) is 72.1 Å². The zero-order valence-electron chi connectivity index (χ0n) is 18.7. The molecule has 0 aromatic heterocycles. The molecule has 3 rings (SSSR count). The molecule has 1 saturated heterocycles. The topological polar surface area (TPSA) is 83.4 Å². The minimum Gasteiger partial charge on any atom is -0.444 e. The average molecular weight is 417 g/mol. The van der Waals surface area contributed by atoms with Gasteiger partial charge in [0.25, 0.3) is 0 Å². The van der Waals surface area contributed by atoms with Gasteiger partial charge in [-0.05, 0) is 64.2 Å². The number of hydrogen-bond acceptors (Lipinski definition) is 5. The van der Waals surface area contributed by atoms with E-state index in [-0.39, 0.29) is 17.7 Å². The maximum Gasteiger partial charge on any atom is 0.410 e. The maximum absolute atomic E-state index is 12.4. The minimum absolute atomic E-state index is 0.0780. The van der Waals surface area contributed by atoms with Gasteiger partial charge in [0.2, 0.25) is 5.91 Å². The van der Waals surface area contributed by atoms with Gasteiger partial charge in [-0.25, -0.2) is 4.79 Å². The van der Waals surface area contributed by atoms with E-state index in [1.807, 2.05) is 25.7 Å². The lowest BCUT2D eigenvalue weighted by molar-refractivity contribution is -0.121. The highest BCUT2D eigenvalue weighted by Crippen LogP contribution is 2.39. The molecule has 3 unspecified atom stereocenters. The minimum atomic E-state index is -0.452. The van der Waals surface area contributed by atoms with E-state index in [4.69, 9.17) is 11.2 Å². The molecule has 0 radical (unpaired) electrons. The second kappa shape index (κ2) is 9.36. The van der Waals surface area contributed by atoms with Crippen LogP contribution in [0.3, 0.4) is 0 Å². The molecule has 7 nitrogen and oxygen atoms in total. The molecule has 2 fully saturated rings. The number of hydrogen-bond donors (Lipinski definition) is 1. The van der Waals surface area contributed by atoms with Crippen molar-refractivity contribution in [3.63, 3.8) is 0 Å². The first-order valence-electron chi connectivity index (χ1n) is 11.3. The molecule has 2 heterocycles. The Bertz CT molecular complexity index is 700. The van der Waals surface area contributed by atoms with Gasteiger partial charge in [-0.15, -0.1) is 12.3 Å². The predicted octanol–water partition coefficient (Wildman–Crippen LogP) is 4.13. The van der Waals surface area contributed by atoms with Crippen LogP contribution in [-0.4, -0.2) is 47.8 Å². The second-order valence-electron chi connectivity index (χ2n) is 10.1. The smallest absolute Gasteiger partial charge is 0.410 e. The Labute approximate surface area is 180 Å². The summed E-state index contributed by atoms with van der Waals surface area (Å²) in [6.07, 6.45) is 11.9. The molecule has 1 saturated carbocycles. The number of piperidine rings is 1. The number of amides is 2. The van der Waals surface area contributed by atoms with Crippen LogP contribution in [0.2, 0.25) is 0 Å². The van der Waals surface area contributed by atoms with Gasteiger partial charge < -0.3 is 15.0 Å². The molecule has 0 spiro atoms. The van der Waals surface area contributed by atoms with Gasteiger partial charge >= 0.3 is 6.09 Å². The summed E-state index contributed by atoms with van der Waals surface area (Å²) in [5, 5.41) is 11.3. The van der Waals surface area contributed by atoms with Crippen molar-refractivity contribution in [3.05, 3.63) is 0 Å². The fourth-order valence-electron chi connectivity index (χ4n) is 4.72. The van der Waals surface area contributed by atoms with E-state index in [2.05, 4.69) is 21.5 Å². The number of fused-ring (bicyclic) bond motifs is 1. The van der Waals surface area contributed by atoms with Crippen molar-refractivity contribution < 1.29 is 14.3 Å². The van der Waals surface area contributed by atoms with Crippen molar-refractivity contribution >= 4 is 12.0 Å². The summed E-state index contributed by atoms with van der Waals surface area (Å²) in [6.45, 7) is 8.02. The van der Waals surface area contributed by atoms with E-state index in [1.54, 1.807) is 0 Å². The fourth-order valence-corrected chi connectivity index (χ4v) is 4.72. The van der Waals surface area contributed by atoms with Crippen LogP contribution in [-0.2, 0) is 9.53 Å². The molecule has 3 atom stereocenters. The molecule has 1 aliphatic carbocycles.